The van der Waals surface area contributed by atoms with Crippen molar-refractivity contribution >= 4 is 6.03 Å². The molecule has 1 N–H and O–H groups in total. The van der Waals surface area contributed by atoms with Gasteiger partial charge in [-0.05, 0) is 43.4 Å². The fourth-order valence-corrected chi connectivity index (χ4v) is 4.28. The van der Waals surface area contributed by atoms with Crippen molar-refractivity contribution in [2.24, 2.45) is 0 Å². The van der Waals surface area contributed by atoms with Gasteiger partial charge < -0.3 is 19.7 Å². The minimum atomic E-state index is 0.0163. The second-order valence-electron chi connectivity index (χ2n) is 7.76. The first-order valence-electron chi connectivity index (χ1n) is 9.99. The molecule has 1 aliphatic heterocycles. The number of nitrogens with one attached hydrogen (secondary N) is 1. The number of hydrogen-bond acceptors (Lipinski definition) is 3. The SMILES string of the molecule is COc1ccc(C2CCCN2C(=O)NCC2(c3ccccc3)CC2)c(OC)c1. The predicted octanol–water partition coefficient (Wildman–Crippen LogP) is 4.28. The lowest BCUT2D eigenvalue weighted by molar-refractivity contribution is 0.191. The van der Waals surface area contributed by atoms with Crippen molar-refractivity contribution in [2.45, 2.75) is 37.1 Å². The quantitative estimate of drug-likeness (QED) is 0.814. The van der Waals surface area contributed by atoms with Crippen molar-refractivity contribution in [3.05, 3.63) is 59.7 Å². The average Bonchev–Trinajstić information content (AvgIpc) is 3.39. The molecular formula is C23H28N2O3. The smallest absolute Gasteiger partial charge is 0.317 e. The topological polar surface area (TPSA) is 50.8 Å². The molecule has 2 fully saturated rings. The molecule has 2 aliphatic rings. The summed E-state index contributed by atoms with van der Waals surface area (Å²) >= 11 is 0. The number of likely N-dealkylation sites (tertiary alicyclic amines) is 1. The van der Waals surface area contributed by atoms with Crippen molar-refractivity contribution in [2.75, 3.05) is 27.3 Å². The molecule has 0 aromatic heterocycles. The number of ether oxygens (including phenoxy) is 2. The number of urea groups is 1. The van der Waals surface area contributed by atoms with Crippen LogP contribution in [0.4, 0.5) is 4.79 Å². The van der Waals surface area contributed by atoms with E-state index < -0.39 is 0 Å². The van der Waals surface area contributed by atoms with Crippen LogP contribution in [0.25, 0.3) is 0 Å². The molecule has 4 rings (SSSR count). The number of nitrogens with zero attached hydrogens (tertiary/aromatic N) is 1. The lowest BCUT2D eigenvalue weighted by Crippen LogP contribution is -2.42. The summed E-state index contributed by atoms with van der Waals surface area (Å²) in [5.74, 6) is 1.53. The van der Waals surface area contributed by atoms with Crippen molar-refractivity contribution in [3.63, 3.8) is 0 Å². The summed E-state index contributed by atoms with van der Waals surface area (Å²) in [7, 11) is 3.30. The highest BCUT2D eigenvalue weighted by molar-refractivity contribution is 5.75. The monoisotopic (exact) mass is 380 g/mol. The predicted molar refractivity (Wildman–Crippen MR) is 109 cm³/mol. The molecule has 2 amide bonds. The van der Waals surface area contributed by atoms with E-state index in [1.165, 1.54) is 5.56 Å². The first-order chi connectivity index (χ1) is 13.7. The Kier molecular flexibility index (Phi) is 5.16. The number of carbonyl (C=O) groups is 1. The van der Waals surface area contributed by atoms with Crippen LogP contribution in [0.1, 0.15) is 42.9 Å². The molecule has 1 unspecified atom stereocenters. The van der Waals surface area contributed by atoms with E-state index in [9.17, 15) is 4.79 Å². The van der Waals surface area contributed by atoms with E-state index in [1.807, 2.05) is 29.2 Å². The molecule has 0 bridgehead atoms. The maximum Gasteiger partial charge on any atom is 0.317 e. The van der Waals surface area contributed by atoms with E-state index in [0.717, 1.165) is 49.3 Å². The van der Waals surface area contributed by atoms with Gasteiger partial charge in [0.05, 0.1) is 20.3 Å². The van der Waals surface area contributed by atoms with Crippen molar-refractivity contribution in [3.8, 4) is 11.5 Å². The normalized spacial score (nSPS) is 19.9. The van der Waals surface area contributed by atoms with Gasteiger partial charge >= 0.3 is 6.03 Å². The molecule has 1 atom stereocenters. The largest absolute Gasteiger partial charge is 0.497 e. The van der Waals surface area contributed by atoms with Crippen LogP contribution in [0.2, 0.25) is 0 Å². The lowest BCUT2D eigenvalue weighted by atomic mass is 9.96. The van der Waals surface area contributed by atoms with Crippen LogP contribution in [-0.4, -0.2) is 38.2 Å². The van der Waals surface area contributed by atoms with Gasteiger partial charge in [-0.3, -0.25) is 0 Å². The summed E-state index contributed by atoms with van der Waals surface area (Å²) < 4.78 is 10.9. The summed E-state index contributed by atoms with van der Waals surface area (Å²) in [6, 6.07) is 16.4. The van der Waals surface area contributed by atoms with Gasteiger partial charge in [-0.1, -0.05) is 30.3 Å². The van der Waals surface area contributed by atoms with Gasteiger partial charge in [0.1, 0.15) is 11.5 Å². The molecule has 2 aromatic carbocycles. The van der Waals surface area contributed by atoms with Crippen molar-refractivity contribution in [1.82, 2.24) is 10.2 Å². The molecular weight excluding hydrogens is 352 g/mol. The number of methoxy groups -OCH3 is 2. The molecule has 5 heteroatoms. The van der Waals surface area contributed by atoms with E-state index in [-0.39, 0.29) is 17.5 Å². The lowest BCUT2D eigenvalue weighted by Gasteiger charge is -2.28. The minimum absolute atomic E-state index is 0.0163. The molecule has 1 aliphatic carbocycles. The minimum Gasteiger partial charge on any atom is -0.497 e. The summed E-state index contributed by atoms with van der Waals surface area (Å²) in [5.41, 5.74) is 2.48. The third kappa shape index (κ3) is 3.53. The van der Waals surface area contributed by atoms with Crippen LogP contribution in [0.15, 0.2) is 48.5 Å². The van der Waals surface area contributed by atoms with Gasteiger partial charge in [0.15, 0.2) is 0 Å². The Morgan fingerprint density at radius 3 is 2.61 bits per heavy atom. The van der Waals surface area contributed by atoms with Gasteiger partial charge in [0.2, 0.25) is 0 Å². The average molecular weight is 380 g/mol. The van der Waals surface area contributed by atoms with Gasteiger partial charge in [-0.25, -0.2) is 4.79 Å². The number of hydrogen-bond donors (Lipinski definition) is 1. The van der Waals surface area contributed by atoms with Gasteiger partial charge in [-0.15, -0.1) is 0 Å². The van der Waals surface area contributed by atoms with E-state index in [0.29, 0.717) is 6.54 Å². The highest BCUT2D eigenvalue weighted by Crippen LogP contribution is 2.47. The molecule has 0 spiro atoms. The Morgan fingerprint density at radius 2 is 1.93 bits per heavy atom. The summed E-state index contributed by atoms with van der Waals surface area (Å²) in [6.45, 7) is 1.46. The molecule has 0 radical (unpaired) electrons. The van der Waals surface area contributed by atoms with Crippen LogP contribution in [0, 0.1) is 0 Å². The number of amides is 2. The molecule has 5 nitrogen and oxygen atoms in total. The molecule has 1 saturated heterocycles. The van der Waals surface area contributed by atoms with E-state index >= 15 is 0 Å². The van der Waals surface area contributed by atoms with Crippen LogP contribution in [0.5, 0.6) is 11.5 Å². The van der Waals surface area contributed by atoms with Crippen LogP contribution >= 0.6 is 0 Å². The Bertz CT molecular complexity index is 833. The molecule has 2 aromatic rings. The maximum atomic E-state index is 13.0. The molecule has 1 heterocycles. The Morgan fingerprint density at radius 1 is 1.14 bits per heavy atom. The van der Waals surface area contributed by atoms with Gasteiger partial charge in [0.25, 0.3) is 0 Å². The van der Waals surface area contributed by atoms with Crippen molar-refractivity contribution < 1.29 is 14.3 Å². The molecule has 28 heavy (non-hydrogen) atoms. The van der Waals surface area contributed by atoms with E-state index in [4.69, 9.17) is 9.47 Å². The molecule has 148 valence electrons. The number of rotatable bonds is 6. The number of benzene rings is 2. The fraction of sp³-hybridized carbons (Fsp3) is 0.435. The fourth-order valence-electron chi connectivity index (χ4n) is 4.28. The Labute approximate surface area is 166 Å². The zero-order valence-electron chi connectivity index (χ0n) is 16.6. The molecule has 1 saturated carbocycles. The van der Waals surface area contributed by atoms with Gasteiger partial charge in [0, 0.05) is 30.1 Å². The van der Waals surface area contributed by atoms with E-state index in [1.54, 1.807) is 14.2 Å². The van der Waals surface area contributed by atoms with Crippen LogP contribution < -0.4 is 14.8 Å². The highest BCUT2D eigenvalue weighted by atomic mass is 16.5. The Hall–Kier alpha value is -2.69. The third-order valence-electron chi connectivity index (χ3n) is 6.13. The third-order valence-corrected chi connectivity index (χ3v) is 6.13. The van der Waals surface area contributed by atoms with Crippen molar-refractivity contribution in [1.29, 1.82) is 0 Å². The first kappa shape index (κ1) is 18.7. The highest BCUT2D eigenvalue weighted by Gasteiger charge is 2.44. The zero-order valence-corrected chi connectivity index (χ0v) is 16.6. The summed E-state index contributed by atoms with van der Waals surface area (Å²) in [4.78, 5) is 15.0. The second kappa shape index (κ2) is 7.74. The van der Waals surface area contributed by atoms with Crippen LogP contribution in [0.3, 0.4) is 0 Å². The second-order valence-corrected chi connectivity index (χ2v) is 7.76. The standard InChI is InChI=1S/C23H28N2O3/c1-27-18-10-11-19(21(15-18)28-2)20-9-6-14-25(20)22(26)24-16-23(12-13-23)17-7-4-3-5-8-17/h3-5,7-8,10-11,15,20H,6,9,12-14,16H2,1-2H3,(H,24,26). The summed E-state index contributed by atoms with van der Waals surface area (Å²) in [5, 5.41) is 3.21. The van der Waals surface area contributed by atoms with Gasteiger partial charge in [-0.2, -0.15) is 0 Å². The van der Waals surface area contributed by atoms with E-state index in [2.05, 4.69) is 29.6 Å². The Balaban J connectivity index is 1.46. The maximum absolute atomic E-state index is 13.0. The summed E-state index contributed by atoms with van der Waals surface area (Å²) in [6.07, 6.45) is 4.21. The zero-order chi connectivity index (χ0) is 19.6. The van der Waals surface area contributed by atoms with Crippen LogP contribution in [-0.2, 0) is 5.41 Å². The first-order valence-corrected chi connectivity index (χ1v) is 9.99. The number of carbonyl (C=O) groups excluding carboxylic acids is 1.